The number of halogens is 1. The summed E-state index contributed by atoms with van der Waals surface area (Å²) < 4.78 is 37.5. The van der Waals surface area contributed by atoms with Crippen molar-refractivity contribution in [3.05, 3.63) is 57.1 Å². The van der Waals surface area contributed by atoms with E-state index < -0.39 is 14.9 Å². The quantitative estimate of drug-likeness (QED) is 0.579. The number of hydrogen-bond donors (Lipinski definition) is 1. The van der Waals surface area contributed by atoms with Gasteiger partial charge in [-0.3, -0.25) is 10.1 Å². The van der Waals surface area contributed by atoms with Gasteiger partial charge in [-0.1, -0.05) is 17.7 Å². The summed E-state index contributed by atoms with van der Waals surface area (Å²) in [6.45, 7) is -0.0888. The Bertz CT molecular complexity index is 901. The minimum Gasteiger partial charge on any atom is -0.497 e. The summed E-state index contributed by atoms with van der Waals surface area (Å²) in [5, 5.41) is 10.7. The first-order valence-corrected chi connectivity index (χ1v) is 8.79. The van der Waals surface area contributed by atoms with Crippen LogP contribution in [-0.2, 0) is 16.6 Å². The molecule has 2 rings (SSSR count). The van der Waals surface area contributed by atoms with Crippen LogP contribution >= 0.6 is 11.6 Å². The molecule has 0 amide bonds. The molecule has 1 N–H and O–H groups in total. The number of methoxy groups -OCH3 is 2. The number of nitro benzene ring substituents is 1. The van der Waals surface area contributed by atoms with Crippen LogP contribution in [0, 0.1) is 10.1 Å². The largest absolute Gasteiger partial charge is 0.497 e. The zero-order chi connectivity index (χ0) is 18.6. The van der Waals surface area contributed by atoms with Gasteiger partial charge in [-0.25, -0.2) is 13.1 Å². The Morgan fingerprint density at radius 2 is 1.88 bits per heavy atom. The van der Waals surface area contributed by atoms with Crippen LogP contribution in [0.1, 0.15) is 5.56 Å². The molecule has 0 aliphatic rings. The van der Waals surface area contributed by atoms with Crippen LogP contribution in [0.3, 0.4) is 0 Å². The van der Waals surface area contributed by atoms with E-state index in [2.05, 4.69) is 4.72 Å². The molecule has 0 bridgehead atoms. The number of sulfonamides is 1. The van der Waals surface area contributed by atoms with Gasteiger partial charge in [0.15, 0.2) is 0 Å². The highest BCUT2D eigenvalue weighted by atomic mass is 35.5. The molecule has 25 heavy (non-hydrogen) atoms. The summed E-state index contributed by atoms with van der Waals surface area (Å²) >= 11 is 5.88. The molecule has 0 saturated carbocycles. The maximum absolute atomic E-state index is 12.4. The van der Waals surface area contributed by atoms with E-state index in [0.717, 1.165) is 12.1 Å². The van der Waals surface area contributed by atoms with E-state index in [1.165, 1.54) is 20.3 Å². The summed E-state index contributed by atoms with van der Waals surface area (Å²) in [5.41, 5.74) is 0.195. The fraction of sp³-hybridized carbons (Fsp3) is 0.200. The first-order chi connectivity index (χ1) is 11.8. The lowest BCUT2D eigenvalue weighted by atomic mass is 10.2. The Hall–Kier alpha value is -2.36. The molecular weight excluding hydrogens is 372 g/mol. The highest BCUT2D eigenvalue weighted by Crippen LogP contribution is 2.28. The Balaban J connectivity index is 2.28. The number of rotatable bonds is 7. The van der Waals surface area contributed by atoms with Crippen molar-refractivity contribution in [3.8, 4) is 11.5 Å². The summed E-state index contributed by atoms with van der Waals surface area (Å²) in [6.07, 6.45) is 0. The molecule has 0 aliphatic carbocycles. The summed E-state index contributed by atoms with van der Waals surface area (Å²) in [7, 11) is -1.11. The predicted octanol–water partition coefficient (Wildman–Crippen LogP) is 2.74. The van der Waals surface area contributed by atoms with Crippen LogP contribution in [0.2, 0.25) is 5.02 Å². The molecule has 0 heterocycles. The van der Waals surface area contributed by atoms with Crippen LogP contribution in [0.15, 0.2) is 41.3 Å². The molecule has 0 radical (unpaired) electrons. The lowest BCUT2D eigenvalue weighted by molar-refractivity contribution is -0.385. The van der Waals surface area contributed by atoms with Crippen LogP contribution < -0.4 is 14.2 Å². The summed E-state index contributed by atoms with van der Waals surface area (Å²) in [5.74, 6) is 0.998. The van der Waals surface area contributed by atoms with Gasteiger partial charge >= 0.3 is 0 Å². The van der Waals surface area contributed by atoms with Crippen molar-refractivity contribution in [3.63, 3.8) is 0 Å². The predicted molar refractivity (Wildman–Crippen MR) is 91.7 cm³/mol. The second-order valence-corrected chi connectivity index (χ2v) is 7.02. The van der Waals surface area contributed by atoms with Gasteiger partial charge < -0.3 is 9.47 Å². The molecule has 134 valence electrons. The molecular formula is C15H15ClN2O6S. The van der Waals surface area contributed by atoms with Crippen molar-refractivity contribution in [1.82, 2.24) is 4.72 Å². The molecule has 0 unspecified atom stereocenters. The zero-order valence-electron chi connectivity index (χ0n) is 13.4. The molecule has 2 aromatic carbocycles. The van der Waals surface area contributed by atoms with Gasteiger partial charge in [0.1, 0.15) is 16.4 Å². The molecule has 2 aromatic rings. The number of ether oxygens (including phenoxy) is 2. The second-order valence-electron chi connectivity index (χ2n) is 4.87. The summed E-state index contributed by atoms with van der Waals surface area (Å²) in [4.78, 5) is 9.78. The van der Waals surface area contributed by atoms with Gasteiger partial charge in [0, 0.05) is 30.3 Å². The van der Waals surface area contributed by atoms with E-state index in [0.29, 0.717) is 17.1 Å². The van der Waals surface area contributed by atoms with Crippen LogP contribution in [0.4, 0.5) is 5.69 Å². The Labute approximate surface area is 149 Å². The second kappa shape index (κ2) is 7.68. The number of hydrogen-bond acceptors (Lipinski definition) is 6. The van der Waals surface area contributed by atoms with Crippen molar-refractivity contribution in [2.45, 2.75) is 11.4 Å². The lowest BCUT2D eigenvalue weighted by Gasteiger charge is -2.12. The Morgan fingerprint density at radius 1 is 1.16 bits per heavy atom. The van der Waals surface area contributed by atoms with Crippen molar-refractivity contribution in [2.24, 2.45) is 0 Å². The minimum atomic E-state index is -4.06. The van der Waals surface area contributed by atoms with Crippen molar-refractivity contribution >= 4 is 27.3 Å². The summed E-state index contributed by atoms with van der Waals surface area (Å²) in [6, 6.07) is 8.14. The maximum atomic E-state index is 12.4. The van der Waals surface area contributed by atoms with Gasteiger partial charge in [-0.15, -0.1) is 0 Å². The zero-order valence-corrected chi connectivity index (χ0v) is 14.9. The van der Waals surface area contributed by atoms with Gasteiger partial charge in [-0.05, 0) is 12.1 Å². The smallest absolute Gasteiger partial charge is 0.270 e. The molecule has 0 saturated heterocycles. The Morgan fingerprint density at radius 3 is 2.48 bits per heavy atom. The van der Waals surface area contributed by atoms with E-state index in [9.17, 15) is 18.5 Å². The van der Waals surface area contributed by atoms with Crippen molar-refractivity contribution < 1.29 is 22.8 Å². The maximum Gasteiger partial charge on any atom is 0.270 e. The van der Waals surface area contributed by atoms with Crippen molar-refractivity contribution in [2.75, 3.05) is 14.2 Å². The first-order valence-electron chi connectivity index (χ1n) is 6.93. The SMILES string of the molecule is COc1ccc(CNS(=O)(=O)c2cc([N+](=O)[O-])ccc2Cl)c(OC)c1. The Kier molecular flexibility index (Phi) is 5.83. The van der Waals surface area contributed by atoms with E-state index >= 15 is 0 Å². The lowest BCUT2D eigenvalue weighted by Crippen LogP contribution is -2.24. The van der Waals surface area contributed by atoms with Gasteiger partial charge in [-0.2, -0.15) is 0 Å². The minimum absolute atomic E-state index is 0.0888. The highest BCUT2D eigenvalue weighted by Gasteiger charge is 2.22. The molecule has 10 heteroatoms. The average Bonchev–Trinajstić information content (AvgIpc) is 2.59. The number of non-ortho nitro benzene ring substituents is 1. The van der Waals surface area contributed by atoms with Crippen LogP contribution in [0.25, 0.3) is 0 Å². The van der Waals surface area contributed by atoms with Gasteiger partial charge in [0.05, 0.1) is 24.2 Å². The third kappa shape index (κ3) is 4.38. The molecule has 0 atom stereocenters. The fourth-order valence-electron chi connectivity index (χ4n) is 2.06. The monoisotopic (exact) mass is 386 g/mol. The number of nitrogens with zero attached hydrogens (tertiary/aromatic N) is 1. The van der Waals surface area contributed by atoms with Gasteiger partial charge in [0.25, 0.3) is 5.69 Å². The normalized spacial score (nSPS) is 11.2. The highest BCUT2D eigenvalue weighted by molar-refractivity contribution is 7.89. The standard InChI is InChI=1S/C15H15ClN2O6S/c1-23-12-5-3-10(14(8-12)24-2)9-17-25(21,22)15-7-11(18(19)20)4-6-13(15)16/h3-8,17H,9H2,1-2H3. The fourth-order valence-corrected chi connectivity index (χ4v) is 3.58. The third-order valence-corrected chi connectivity index (χ3v) is 5.24. The van der Waals surface area contributed by atoms with Gasteiger partial charge in [0.2, 0.25) is 10.0 Å². The third-order valence-electron chi connectivity index (χ3n) is 3.36. The first kappa shape index (κ1) is 19.0. The molecule has 0 fully saturated rings. The molecule has 0 aromatic heterocycles. The number of nitro groups is 1. The molecule has 0 aliphatic heterocycles. The van der Waals surface area contributed by atoms with E-state index in [1.54, 1.807) is 18.2 Å². The molecule has 0 spiro atoms. The molecule has 8 nitrogen and oxygen atoms in total. The van der Waals surface area contributed by atoms with Crippen LogP contribution in [0.5, 0.6) is 11.5 Å². The van der Waals surface area contributed by atoms with E-state index in [4.69, 9.17) is 21.1 Å². The van der Waals surface area contributed by atoms with Crippen LogP contribution in [-0.4, -0.2) is 27.6 Å². The number of nitrogens with one attached hydrogen (secondary N) is 1. The van der Waals surface area contributed by atoms with E-state index in [-0.39, 0.29) is 22.2 Å². The topological polar surface area (TPSA) is 108 Å². The average molecular weight is 387 g/mol. The van der Waals surface area contributed by atoms with Crippen molar-refractivity contribution in [1.29, 1.82) is 0 Å². The number of benzene rings is 2. The van der Waals surface area contributed by atoms with E-state index in [1.807, 2.05) is 0 Å².